The minimum atomic E-state index is -1.18. The molecule has 1 aromatic carbocycles. The summed E-state index contributed by atoms with van der Waals surface area (Å²) in [6.45, 7) is 0.0141. The van der Waals surface area contributed by atoms with E-state index in [1.807, 2.05) is 0 Å². The van der Waals surface area contributed by atoms with Gasteiger partial charge < -0.3 is 14.4 Å². The summed E-state index contributed by atoms with van der Waals surface area (Å²) in [5.41, 5.74) is -0.0985. The number of aryl methyl sites for hydroxylation is 1. The SMILES string of the molecule is Cn1cnnc1COc1cc(F)ccc1C(=O)O. The van der Waals surface area contributed by atoms with Crippen molar-refractivity contribution in [3.8, 4) is 5.75 Å². The second-order valence-corrected chi connectivity index (χ2v) is 3.59. The first-order chi connectivity index (χ1) is 8.58. The van der Waals surface area contributed by atoms with Gasteiger partial charge in [0.2, 0.25) is 0 Å². The molecule has 0 amide bonds. The van der Waals surface area contributed by atoms with Gasteiger partial charge in [0.1, 0.15) is 30.1 Å². The van der Waals surface area contributed by atoms with Gasteiger partial charge in [0.15, 0.2) is 5.82 Å². The lowest BCUT2D eigenvalue weighted by Gasteiger charge is -2.08. The Morgan fingerprint density at radius 2 is 2.33 bits per heavy atom. The van der Waals surface area contributed by atoms with Crippen molar-refractivity contribution in [2.75, 3.05) is 0 Å². The molecule has 0 aliphatic carbocycles. The lowest BCUT2D eigenvalue weighted by atomic mass is 10.2. The van der Waals surface area contributed by atoms with Crippen LogP contribution in [-0.4, -0.2) is 25.8 Å². The van der Waals surface area contributed by atoms with Crippen molar-refractivity contribution in [3.63, 3.8) is 0 Å². The third-order valence-electron chi connectivity index (χ3n) is 2.34. The van der Waals surface area contributed by atoms with E-state index in [1.54, 1.807) is 11.6 Å². The van der Waals surface area contributed by atoms with E-state index in [2.05, 4.69) is 10.2 Å². The van der Waals surface area contributed by atoms with Gasteiger partial charge in [-0.25, -0.2) is 9.18 Å². The summed E-state index contributed by atoms with van der Waals surface area (Å²) in [5.74, 6) is -1.27. The van der Waals surface area contributed by atoms with Crippen molar-refractivity contribution in [2.45, 2.75) is 6.61 Å². The van der Waals surface area contributed by atoms with Crippen LogP contribution in [-0.2, 0) is 13.7 Å². The number of benzene rings is 1. The molecule has 0 radical (unpaired) electrons. The molecule has 1 aromatic heterocycles. The first-order valence-corrected chi connectivity index (χ1v) is 5.06. The Balaban J connectivity index is 2.20. The summed E-state index contributed by atoms with van der Waals surface area (Å²) in [6.07, 6.45) is 1.49. The number of carbonyl (C=O) groups is 1. The summed E-state index contributed by atoms with van der Waals surface area (Å²) in [4.78, 5) is 10.9. The van der Waals surface area contributed by atoms with E-state index in [9.17, 15) is 9.18 Å². The van der Waals surface area contributed by atoms with E-state index >= 15 is 0 Å². The van der Waals surface area contributed by atoms with E-state index in [1.165, 1.54) is 6.33 Å². The molecule has 18 heavy (non-hydrogen) atoms. The maximum atomic E-state index is 13.0. The van der Waals surface area contributed by atoms with Gasteiger partial charge in [-0.1, -0.05) is 0 Å². The third kappa shape index (κ3) is 2.45. The molecule has 0 unspecified atom stereocenters. The summed E-state index contributed by atoms with van der Waals surface area (Å²) >= 11 is 0. The Kier molecular flexibility index (Phi) is 3.22. The first-order valence-electron chi connectivity index (χ1n) is 5.06. The number of carboxylic acid groups (broad SMARTS) is 1. The summed E-state index contributed by atoms with van der Waals surface area (Å²) in [5, 5.41) is 16.4. The highest BCUT2D eigenvalue weighted by Crippen LogP contribution is 2.20. The van der Waals surface area contributed by atoms with E-state index in [4.69, 9.17) is 9.84 Å². The minimum Gasteiger partial charge on any atom is -0.485 e. The van der Waals surface area contributed by atoms with Crippen molar-refractivity contribution < 1.29 is 19.0 Å². The molecule has 94 valence electrons. The lowest BCUT2D eigenvalue weighted by molar-refractivity contribution is 0.0691. The highest BCUT2D eigenvalue weighted by Gasteiger charge is 2.13. The molecule has 0 atom stereocenters. The Labute approximate surface area is 102 Å². The molecular formula is C11H10FN3O3. The topological polar surface area (TPSA) is 77.2 Å². The van der Waals surface area contributed by atoms with Crippen LogP contribution in [0.25, 0.3) is 0 Å². The van der Waals surface area contributed by atoms with Crippen LogP contribution in [0.15, 0.2) is 24.5 Å². The number of carboxylic acids is 1. The normalized spacial score (nSPS) is 10.3. The number of ether oxygens (including phenoxy) is 1. The zero-order valence-electron chi connectivity index (χ0n) is 9.50. The predicted molar refractivity (Wildman–Crippen MR) is 58.7 cm³/mol. The molecule has 0 saturated heterocycles. The van der Waals surface area contributed by atoms with Crippen LogP contribution in [0.3, 0.4) is 0 Å². The van der Waals surface area contributed by atoms with Gasteiger partial charge in [-0.15, -0.1) is 10.2 Å². The van der Waals surface area contributed by atoms with Crippen molar-refractivity contribution in [1.82, 2.24) is 14.8 Å². The summed E-state index contributed by atoms with van der Waals surface area (Å²) in [6, 6.07) is 3.25. The van der Waals surface area contributed by atoms with Gasteiger partial charge in [-0.3, -0.25) is 0 Å². The fourth-order valence-electron chi connectivity index (χ4n) is 1.37. The van der Waals surface area contributed by atoms with E-state index in [0.717, 1.165) is 18.2 Å². The lowest BCUT2D eigenvalue weighted by Crippen LogP contribution is -2.07. The monoisotopic (exact) mass is 251 g/mol. The van der Waals surface area contributed by atoms with Crippen molar-refractivity contribution in [3.05, 3.63) is 41.7 Å². The number of halogens is 1. The molecule has 0 saturated carbocycles. The van der Waals surface area contributed by atoms with Crippen molar-refractivity contribution >= 4 is 5.97 Å². The molecule has 0 aliphatic rings. The molecule has 2 aromatic rings. The molecule has 0 fully saturated rings. The number of nitrogens with zero attached hydrogens (tertiary/aromatic N) is 3. The van der Waals surface area contributed by atoms with E-state index < -0.39 is 11.8 Å². The second-order valence-electron chi connectivity index (χ2n) is 3.59. The maximum absolute atomic E-state index is 13.0. The Hall–Kier alpha value is -2.44. The van der Waals surface area contributed by atoms with E-state index in [-0.39, 0.29) is 17.9 Å². The second kappa shape index (κ2) is 4.82. The number of rotatable bonds is 4. The van der Waals surface area contributed by atoms with Crippen LogP contribution in [0.4, 0.5) is 4.39 Å². The van der Waals surface area contributed by atoms with Crippen LogP contribution in [0.5, 0.6) is 5.75 Å². The van der Waals surface area contributed by atoms with Crippen LogP contribution in [0.2, 0.25) is 0 Å². The van der Waals surface area contributed by atoms with E-state index in [0.29, 0.717) is 5.82 Å². The van der Waals surface area contributed by atoms with Gasteiger partial charge in [-0.05, 0) is 12.1 Å². The summed E-state index contributed by atoms with van der Waals surface area (Å²) in [7, 11) is 1.72. The molecule has 1 N–H and O–H groups in total. The van der Waals surface area contributed by atoms with Crippen molar-refractivity contribution in [2.24, 2.45) is 7.05 Å². The fourth-order valence-corrected chi connectivity index (χ4v) is 1.37. The summed E-state index contributed by atoms with van der Waals surface area (Å²) < 4.78 is 19.9. The number of aromatic carboxylic acids is 1. The Bertz CT molecular complexity index is 583. The predicted octanol–water partition coefficient (Wildman–Crippen LogP) is 1.23. The number of hydrogen-bond donors (Lipinski definition) is 1. The van der Waals surface area contributed by atoms with Crippen LogP contribution < -0.4 is 4.74 Å². The van der Waals surface area contributed by atoms with Crippen LogP contribution >= 0.6 is 0 Å². The van der Waals surface area contributed by atoms with Gasteiger partial charge in [0.25, 0.3) is 0 Å². The number of hydrogen-bond acceptors (Lipinski definition) is 4. The van der Waals surface area contributed by atoms with Crippen LogP contribution in [0.1, 0.15) is 16.2 Å². The zero-order valence-corrected chi connectivity index (χ0v) is 9.50. The molecule has 0 bridgehead atoms. The molecule has 7 heteroatoms. The average Bonchev–Trinajstić information content (AvgIpc) is 2.72. The maximum Gasteiger partial charge on any atom is 0.339 e. The Morgan fingerprint density at radius 1 is 1.56 bits per heavy atom. The minimum absolute atomic E-state index is 0.0141. The average molecular weight is 251 g/mol. The molecule has 2 rings (SSSR count). The fraction of sp³-hybridized carbons (Fsp3) is 0.182. The van der Waals surface area contributed by atoms with Gasteiger partial charge >= 0.3 is 5.97 Å². The Morgan fingerprint density at radius 3 is 2.94 bits per heavy atom. The molecular weight excluding hydrogens is 241 g/mol. The zero-order chi connectivity index (χ0) is 13.1. The standard InChI is InChI=1S/C11H10FN3O3/c1-15-6-13-14-10(15)5-18-9-4-7(12)2-3-8(9)11(16)17/h2-4,6H,5H2,1H3,(H,16,17). The largest absolute Gasteiger partial charge is 0.485 e. The first kappa shape index (κ1) is 12.0. The van der Waals surface area contributed by atoms with Crippen molar-refractivity contribution in [1.29, 1.82) is 0 Å². The smallest absolute Gasteiger partial charge is 0.339 e. The molecule has 1 heterocycles. The quantitative estimate of drug-likeness (QED) is 0.884. The molecule has 6 nitrogen and oxygen atoms in total. The molecule has 0 aliphatic heterocycles. The van der Waals surface area contributed by atoms with Crippen LogP contribution in [0, 0.1) is 5.82 Å². The van der Waals surface area contributed by atoms with Gasteiger partial charge in [-0.2, -0.15) is 0 Å². The number of aromatic nitrogens is 3. The highest BCUT2D eigenvalue weighted by molar-refractivity contribution is 5.90. The van der Waals surface area contributed by atoms with Gasteiger partial charge in [0.05, 0.1) is 0 Å². The third-order valence-corrected chi connectivity index (χ3v) is 2.34. The highest BCUT2D eigenvalue weighted by atomic mass is 19.1. The van der Waals surface area contributed by atoms with Gasteiger partial charge in [0, 0.05) is 13.1 Å². The molecule has 0 spiro atoms.